The molecule has 17 heavy (non-hydrogen) atoms. The standard InChI is InChI=1S/C11H11FN2O3/c12-6-1-2-7-9(5-6)14-11(17)8(13-7)3-4-10(15)16/h1-2,5,8,13H,3-4H2,(H,14,17)(H,15,16). The summed E-state index contributed by atoms with van der Waals surface area (Å²) < 4.78 is 12.9. The Morgan fingerprint density at radius 1 is 1.41 bits per heavy atom. The van der Waals surface area contributed by atoms with Gasteiger partial charge < -0.3 is 15.7 Å². The summed E-state index contributed by atoms with van der Waals surface area (Å²) in [5.41, 5.74) is 0.975. The summed E-state index contributed by atoms with van der Waals surface area (Å²) in [6.07, 6.45) is 0.0968. The van der Waals surface area contributed by atoms with Crippen LogP contribution >= 0.6 is 0 Å². The van der Waals surface area contributed by atoms with Crippen LogP contribution in [-0.4, -0.2) is 23.0 Å². The van der Waals surface area contributed by atoms with Gasteiger partial charge in [0.2, 0.25) is 5.91 Å². The Labute approximate surface area is 96.6 Å². The molecule has 1 aromatic rings. The van der Waals surface area contributed by atoms with Gasteiger partial charge >= 0.3 is 5.97 Å². The van der Waals surface area contributed by atoms with Crippen LogP contribution in [0, 0.1) is 5.82 Å². The monoisotopic (exact) mass is 238 g/mol. The summed E-state index contributed by atoms with van der Waals surface area (Å²) in [6, 6.07) is 3.41. The first-order valence-electron chi connectivity index (χ1n) is 5.15. The summed E-state index contributed by atoms with van der Waals surface area (Å²) in [5, 5.41) is 14.0. The van der Waals surface area contributed by atoms with E-state index in [9.17, 15) is 14.0 Å². The number of rotatable bonds is 3. The van der Waals surface area contributed by atoms with E-state index in [4.69, 9.17) is 5.11 Å². The third-order valence-corrected chi connectivity index (χ3v) is 2.53. The van der Waals surface area contributed by atoms with Gasteiger partial charge in [-0.15, -0.1) is 0 Å². The van der Waals surface area contributed by atoms with Crippen molar-refractivity contribution >= 4 is 23.3 Å². The average molecular weight is 238 g/mol. The first kappa shape index (κ1) is 11.4. The molecule has 0 saturated carbocycles. The number of carbonyl (C=O) groups is 2. The van der Waals surface area contributed by atoms with Crippen molar-refractivity contribution in [3.05, 3.63) is 24.0 Å². The third-order valence-electron chi connectivity index (χ3n) is 2.53. The zero-order valence-electron chi connectivity index (χ0n) is 8.87. The van der Waals surface area contributed by atoms with Crippen LogP contribution in [0.1, 0.15) is 12.8 Å². The molecule has 2 rings (SSSR count). The number of anilines is 2. The van der Waals surface area contributed by atoms with E-state index in [0.29, 0.717) is 11.4 Å². The van der Waals surface area contributed by atoms with Crippen LogP contribution in [0.25, 0.3) is 0 Å². The van der Waals surface area contributed by atoms with Gasteiger partial charge in [0.25, 0.3) is 0 Å². The summed E-state index contributed by atoms with van der Waals surface area (Å²) in [4.78, 5) is 22.0. The highest BCUT2D eigenvalue weighted by atomic mass is 19.1. The normalized spacial score (nSPS) is 17.9. The number of carboxylic acid groups (broad SMARTS) is 1. The molecule has 1 aliphatic rings. The van der Waals surface area contributed by atoms with Crippen LogP contribution < -0.4 is 10.6 Å². The maximum Gasteiger partial charge on any atom is 0.303 e. The quantitative estimate of drug-likeness (QED) is 0.744. The van der Waals surface area contributed by atoms with Crippen molar-refractivity contribution < 1.29 is 19.1 Å². The topological polar surface area (TPSA) is 78.4 Å². The Bertz CT molecular complexity index is 476. The first-order valence-corrected chi connectivity index (χ1v) is 5.15. The van der Waals surface area contributed by atoms with Crippen molar-refractivity contribution in [1.29, 1.82) is 0 Å². The van der Waals surface area contributed by atoms with Crippen molar-refractivity contribution in [2.75, 3.05) is 10.6 Å². The average Bonchev–Trinajstić information content (AvgIpc) is 2.26. The second-order valence-electron chi connectivity index (χ2n) is 3.81. The second-order valence-corrected chi connectivity index (χ2v) is 3.81. The van der Waals surface area contributed by atoms with Gasteiger partial charge in [0.15, 0.2) is 0 Å². The molecular weight excluding hydrogens is 227 g/mol. The lowest BCUT2D eigenvalue weighted by molar-refractivity contribution is -0.137. The maximum atomic E-state index is 12.9. The second kappa shape index (κ2) is 4.40. The number of benzene rings is 1. The highest BCUT2D eigenvalue weighted by Gasteiger charge is 2.25. The van der Waals surface area contributed by atoms with E-state index in [1.54, 1.807) is 0 Å². The van der Waals surface area contributed by atoms with Crippen LogP contribution in [0.4, 0.5) is 15.8 Å². The lowest BCUT2D eigenvalue weighted by atomic mass is 10.1. The van der Waals surface area contributed by atoms with Crippen LogP contribution in [0.2, 0.25) is 0 Å². The lowest BCUT2D eigenvalue weighted by Gasteiger charge is -2.26. The van der Waals surface area contributed by atoms with E-state index >= 15 is 0 Å². The fourth-order valence-corrected chi connectivity index (χ4v) is 1.69. The summed E-state index contributed by atoms with van der Waals surface area (Å²) in [7, 11) is 0. The molecule has 0 aliphatic carbocycles. The van der Waals surface area contributed by atoms with Crippen molar-refractivity contribution in [2.24, 2.45) is 0 Å². The van der Waals surface area contributed by atoms with Gasteiger partial charge in [0.1, 0.15) is 11.9 Å². The number of nitrogens with one attached hydrogen (secondary N) is 2. The Balaban J connectivity index is 2.13. The minimum atomic E-state index is -0.954. The predicted molar refractivity (Wildman–Crippen MR) is 59.3 cm³/mol. The Morgan fingerprint density at radius 2 is 2.18 bits per heavy atom. The van der Waals surface area contributed by atoms with Gasteiger partial charge in [-0.3, -0.25) is 9.59 Å². The van der Waals surface area contributed by atoms with Gasteiger partial charge in [-0.25, -0.2) is 4.39 Å². The number of halogens is 1. The maximum absolute atomic E-state index is 12.9. The highest BCUT2D eigenvalue weighted by molar-refractivity contribution is 6.03. The van der Waals surface area contributed by atoms with Crippen LogP contribution in [0.5, 0.6) is 0 Å². The SMILES string of the molecule is O=C(O)CCC1Nc2ccc(F)cc2NC1=O. The highest BCUT2D eigenvalue weighted by Crippen LogP contribution is 2.28. The largest absolute Gasteiger partial charge is 0.481 e. The fourth-order valence-electron chi connectivity index (χ4n) is 1.69. The van der Waals surface area contributed by atoms with E-state index in [1.165, 1.54) is 18.2 Å². The van der Waals surface area contributed by atoms with Gasteiger partial charge in [-0.05, 0) is 24.6 Å². The molecule has 0 spiro atoms. The predicted octanol–water partition coefficient (Wildman–Crippen LogP) is 1.42. The van der Waals surface area contributed by atoms with Gasteiger partial charge in [0.05, 0.1) is 11.4 Å². The van der Waals surface area contributed by atoms with E-state index in [1.807, 2.05) is 0 Å². The van der Waals surface area contributed by atoms with Crippen molar-refractivity contribution in [3.63, 3.8) is 0 Å². The lowest BCUT2D eigenvalue weighted by Crippen LogP contribution is -2.39. The molecule has 1 atom stereocenters. The molecule has 0 bridgehead atoms. The van der Waals surface area contributed by atoms with Crippen LogP contribution in [0.3, 0.4) is 0 Å². The number of fused-ring (bicyclic) bond motifs is 1. The summed E-state index contributed by atoms with van der Waals surface area (Å²) in [5.74, 6) is -1.73. The molecule has 5 nitrogen and oxygen atoms in total. The molecule has 0 fully saturated rings. The summed E-state index contributed by atoms with van der Waals surface area (Å²) in [6.45, 7) is 0. The number of hydrogen-bond donors (Lipinski definition) is 3. The Kier molecular flexibility index (Phi) is 2.95. The van der Waals surface area contributed by atoms with Gasteiger partial charge in [-0.1, -0.05) is 0 Å². The number of amides is 1. The molecule has 1 aromatic carbocycles. The van der Waals surface area contributed by atoms with E-state index in [2.05, 4.69) is 10.6 Å². The molecule has 6 heteroatoms. The number of carboxylic acids is 1. The summed E-state index contributed by atoms with van der Waals surface area (Å²) >= 11 is 0. The molecule has 1 unspecified atom stereocenters. The Hall–Kier alpha value is -2.11. The molecule has 0 saturated heterocycles. The van der Waals surface area contributed by atoms with E-state index < -0.39 is 17.8 Å². The molecule has 0 radical (unpaired) electrons. The van der Waals surface area contributed by atoms with Gasteiger partial charge in [0, 0.05) is 6.42 Å². The van der Waals surface area contributed by atoms with Crippen LogP contribution in [-0.2, 0) is 9.59 Å². The van der Waals surface area contributed by atoms with Crippen molar-refractivity contribution in [1.82, 2.24) is 0 Å². The molecule has 3 N–H and O–H groups in total. The number of hydrogen-bond acceptors (Lipinski definition) is 3. The molecular formula is C11H11FN2O3. The molecule has 90 valence electrons. The number of aliphatic carboxylic acids is 1. The Morgan fingerprint density at radius 3 is 2.88 bits per heavy atom. The van der Waals surface area contributed by atoms with E-state index in [0.717, 1.165) is 0 Å². The minimum absolute atomic E-state index is 0.0956. The smallest absolute Gasteiger partial charge is 0.303 e. The minimum Gasteiger partial charge on any atom is -0.481 e. The third kappa shape index (κ3) is 2.52. The molecule has 1 heterocycles. The molecule has 1 amide bonds. The molecule has 1 aliphatic heterocycles. The zero-order valence-corrected chi connectivity index (χ0v) is 8.87. The van der Waals surface area contributed by atoms with Crippen molar-refractivity contribution in [3.8, 4) is 0 Å². The fraction of sp³-hybridized carbons (Fsp3) is 0.273. The number of carbonyl (C=O) groups excluding carboxylic acids is 1. The van der Waals surface area contributed by atoms with E-state index in [-0.39, 0.29) is 18.7 Å². The molecule has 0 aromatic heterocycles. The van der Waals surface area contributed by atoms with Crippen molar-refractivity contribution in [2.45, 2.75) is 18.9 Å². The van der Waals surface area contributed by atoms with Crippen LogP contribution in [0.15, 0.2) is 18.2 Å². The first-order chi connectivity index (χ1) is 8.06. The zero-order chi connectivity index (χ0) is 12.4. The van der Waals surface area contributed by atoms with Gasteiger partial charge in [-0.2, -0.15) is 0 Å².